The molecule has 0 aromatic carbocycles. The van der Waals surface area contributed by atoms with Crippen molar-refractivity contribution in [3.8, 4) is 0 Å². The Balaban J connectivity index is 3.24. The van der Waals surface area contributed by atoms with Crippen molar-refractivity contribution in [3.05, 3.63) is 34.2 Å². The lowest BCUT2D eigenvalue weighted by Crippen LogP contribution is -2.41. The molecule has 0 aliphatic carbocycles. The Labute approximate surface area is 128 Å². The van der Waals surface area contributed by atoms with Crippen molar-refractivity contribution >= 4 is 27.7 Å². The lowest BCUT2D eigenvalue weighted by Gasteiger charge is -2.24. The van der Waals surface area contributed by atoms with Gasteiger partial charge in [0.05, 0.1) is 12.7 Å². The minimum Gasteiger partial charge on any atom is -0.403 e. The van der Waals surface area contributed by atoms with Crippen molar-refractivity contribution in [2.24, 2.45) is 11.6 Å². The number of hydroxylamine groups is 2. The van der Waals surface area contributed by atoms with Crippen molar-refractivity contribution < 1.29 is 18.4 Å². The van der Waals surface area contributed by atoms with E-state index in [0.717, 1.165) is 17.3 Å². The summed E-state index contributed by atoms with van der Waals surface area (Å²) in [6.45, 7) is 0. The van der Waals surface area contributed by atoms with E-state index in [1.807, 2.05) is 0 Å². The Bertz CT molecular complexity index is 555. The summed E-state index contributed by atoms with van der Waals surface area (Å²) in [6.07, 6.45) is -0.665. The third-order valence-corrected chi connectivity index (χ3v) is 2.96. The zero-order chi connectivity index (χ0) is 16.2. The monoisotopic (exact) mass is 365 g/mol. The van der Waals surface area contributed by atoms with Gasteiger partial charge in [-0.15, -0.1) is 0 Å². The molecule has 1 aromatic rings. The van der Waals surface area contributed by atoms with Crippen LogP contribution in [0.3, 0.4) is 0 Å². The van der Waals surface area contributed by atoms with Gasteiger partial charge in [-0.25, -0.2) is 24.7 Å². The van der Waals surface area contributed by atoms with Crippen LogP contribution >= 0.6 is 15.9 Å². The third kappa shape index (κ3) is 3.86. The lowest BCUT2D eigenvalue weighted by atomic mass is 10.2. The van der Waals surface area contributed by atoms with Gasteiger partial charge in [-0.1, -0.05) is 0 Å². The number of hydrazine groups is 1. The molecular weight excluding hydrogens is 352 g/mol. The number of pyridine rings is 1. The van der Waals surface area contributed by atoms with E-state index in [0.29, 0.717) is 9.48 Å². The number of nitrogens with two attached hydrogens (primary N) is 2. The second kappa shape index (κ2) is 7.29. The number of hydrogen-bond acceptors (Lipinski definition) is 6. The first kappa shape index (κ1) is 17.3. The van der Waals surface area contributed by atoms with Gasteiger partial charge in [0.15, 0.2) is 5.82 Å². The molecule has 116 valence electrons. The summed E-state index contributed by atoms with van der Waals surface area (Å²) >= 11 is 3.04. The van der Waals surface area contributed by atoms with E-state index in [1.165, 1.54) is 20.4 Å². The maximum atomic E-state index is 13.0. The summed E-state index contributed by atoms with van der Waals surface area (Å²) in [5, 5.41) is 1.53. The Kier molecular flexibility index (Phi) is 6.00. The Morgan fingerprint density at radius 2 is 2.19 bits per heavy atom. The molecule has 0 aliphatic rings. The van der Waals surface area contributed by atoms with Crippen LogP contribution in [0.1, 0.15) is 12.0 Å². The molecule has 0 unspecified atom stereocenters. The normalized spacial score (nSPS) is 11.7. The molecule has 0 saturated carbocycles. The summed E-state index contributed by atoms with van der Waals surface area (Å²) in [5.74, 6) is 4.70. The second-order valence-corrected chi connectivity index (χ2v) is 4.69. The molecule has 0 spiro atoms. The number of carbonyl (C=O) groups is 1. The molecule has 1 heterocycles. The zero-order valence-electron chi connectivity index (χ0n) is 11.3. The molecule has 0 atom stereocenters. The Morgan fingerprint density at radius 1 is 1.57 bits per heavy atom. The summed E-state index contributed by atoms with van der Waals surface area (Å²) in [7, 11) is 2.58. The van der Waals surface area contributed by atoms with Gasteiger partial charge in [0.25, 0.3) is 12.3 Å². The maximum Gasteiger partial charge on any atom is 0.296 e. The van der Waals surface area contributed by atoms with Crippen molar-refractivity contribution in [1.82, 2.24) is 10.0 Å². The van der Waals surface area contributed by atoms with Crippen LogP contribution in [0.25, 0.3) is 0 Å². The van der Waals surface area contributed by atoms with E-state index in [1.54, 1.807) is 0 Å². The van der Waals surface area contributed by atoms with Crippen LogP contribution in [-0.2, 0) is 9.63 Å². The molecule has 0 fully saturated rings. The van der Waals surface area contributed by atoms with E-state index in [-0.39, 0.29) is 11.5 Å². The fourth-order valence-electron chi connectivity index (χ4n) is 1.42. The number of carbonyl (C=O) groups excluding carboxylic acids is 1. The molecule has 1 aromatic heterocycles. The summed E-state index contributed by atoms with van der Waals surface area (Å²) in [5.41, 5.74) is 4.64. The average Bonchev–Trinajstić information content (AvgIpc) is 2.46. The number of alkyl halides is 2. The predicted octanol–water partition coefficient (Wildman–Crippen LogP) is 1.28. The zero-order valence-corrected chi connectivity index (χ0v) is 12.8. The minimum absolute atomic E-state index is 0.268. The highest BCUT2D eigenvalue weighted by Gasteiger charge is 2.25. The van der Waals surface area contributed by atoms with Gasteiger partial charge in [-0.2, -0.15) is 0 Å². The number of amides is 1. The number of rotatable bonds is 5. The maximum absolute atomic E-state index is 13.0. The van der Waals surface area contributed by atoms with Crippen molar-refractivity contribution in [3.63, 3.8) is 0 Å². The Hall–Kier alpha value is -1.78. The smallest absolute Gasteiger partial charge is 0.296 e. The molecule has 0 radical (unpaired) electrons. The summed E-state index contributed by atoms with van der Waals surface area (Å²) in [4.78, 5) is 20.5. The molecule has 0 saturated heterocycles. The van der Waals surface area contributed by atoms with E-state index < -0.39 is 17.9 Å². The first-order valence-electron chi connectivity index (χ1n) is 5.56. The van der Waals surface area contributed by atoms with Crippen molar-refractivity contribution in [2.75, 3.05) is 19.2 Å². The number of likely N-dealkylation sites (N-methyl/N-ethyl adjacent to an activating group) is 1. The fraction of sp³-hybridized carbons (Fsp3) is 0.273. The van der Waals surface area contributed by atoms with Gasteiger partial charge < -0.3 is 5.73 Å². The summed E-state index contributed by atoms with van der Waals surface area (Å²) in [6, 6.07) is 1.16. The second-order valence-electron chi connectivity index (χ2n) is 3.77. The van der Waals surface area contributed by atoms with Crippen LogP contribution in [-0.4, -0.2) is 30.1 Å². The van der Waals surface area contributed by atoms with Crippen LogP contribution < -0.4 is 16.6 Å². The predicted molar refractivity (Wildman–Crippen MR) is 75.6 cm³/mol. The largest absolute Gasteiger partial charge is 0.403 e. The van der Waals surface area contributed by atoms with E-state index in [9.17, 15) is 13.6 Å². The van der Waals surface area contributed by atoms with Gasteiger partial charge in [-0.3, -0.25) is 14.6 Å². The van der Waals surface area contributed by atoms with Crippen LogP contribution in [0.4, 0.5) is 14.6 Å². The Morgan fingerprint density at radius 3 is 2.67 bits per heavy atom. The molecule has 1 rings (SSSR count). The van der Waals surface area contributed by atoms with E-state index in [2.05, 4.69) is 20.9 Å². The molecule has 21 heavy (non-hydrogen) atoms. The molecular formula is C11H14BrF2N5O2. The average molecular weight is 366 g/mol. The molecule has 4 N–H and O–H groups in total. The molecule has 0 aliphatic heterocycles. The fourth-order valence-corrected chi connectivity index (χ4v) is 1.77. The number of anilines is 1. The highest BCUT2D eigenvalue weighted by molar-refractivity contribution is 9.10. The highest BCUT2D eigenvalue weighted by atomic mass is 79.9. The minimum atomic E-state index is -2.83. The standard InChI is InChI=1S/C11H14BrF2N5O2/c1-18(21-2)11(20)8(4-15)19(16)10-7(9(13)14)3-6(12)5-17-10/h3-5,9H,15-16H2,1-2H3/b8-4-. The lowest BCUT2D eigenvalue weighted by molar-refractivity contribution is -0.164. The van der Waals surface area contributed by atoms with Crippen LogP contribution in [0.15, 0.2) is 28.6 Å². The van der Waals surface area contributed by atoms with Crippen LogP contribution in [0.5, 0.6) is 0 Å². The SMILES string of the molecule is CON(C)C(=O)/C(=C/N)N(N)c1ncc(Br)cc1C(F)F. The van der Waals surface area contributed by atoms with Gasteiger partial charge in [0.1, 0.15) is 5.70 Å². The van der Waals surface area contributed by atoms with Gasteiger partial charge >= 0.3 is 0 Å². The molecule has 10 heteroatoms. The number of nitrogens with zero attached hydrogens (tertiary/aromatic N) is 3. The quantitative estimate of drug-likeness (QED) is 0.463. The van der Waals surface area contributed by atoms with Gasteiger partial charge in [0.2, 0.25) is 0 Å². The topological polar surface area (TPSA) is 97.7 Å². The number of hydrogen-bond donors (Lipinski definition) is 2. The number of halogens is 3. The third-order valence-electron chi connectivity index (χ3n) is 2.52. The molecule has 7 nitrogen and oxygen atoms in total. The van der Waals surface area contributed by atoms with Crippen molar-refractivity contribution in [2.45, 2.75) is 6.43 Å². The van der Waals surface area contributed by atoms with E-state index >= 15 is 0 Å². The van der Waals surface area contributed by atoms with Gasteiger partial charge in [-0.05, 0) is 22.0 Å². The first-order valence-corrected chi connectivity index (χ1v) is 6.35. The van der Waals surface area contributed by atoms with Crippen LogP contribution in [0, 0.1) is 0 Å². The highest BCUT2D eigenvalue weighted by Crippen LogP contribution is 2.30. The molecule has 1 amide bonds. The van der Waals surface area contributed by atoms with Gasteiger partial charge in [0, 0.05) is 23.9 Å². The number of aromatic nitrogens is 1. The first-order chi connectivity index (χ1) is 9.83. The molecule has 0 bridgehead atoms. The van der Waals surface area contributed by atoms with E-state index in [4.69, 9.17) is 16.4 Å². The summed E-state index contributed by atoms with van der Waals surface area (Å²) < 4.78 is 26.4. The van der Waals surface area contributed by atoms with Crippen molar-refractivity contribution in [1.29, 1.82) is 0 Å². The van der Waals surface area contributed by atoms with Crippen LogP contribution in [0.2, 0.25) is 0 Å².